The number of likely N-dealkylation sites (tertiary alicyclic amines) is 2. The van der Waals surface area contributed by atoms with Gasteiger partial charge >= 0.3 is 0 Å². The van der Waals surface area contributed by atoms with E-state index in [2.05, 4.69) is 16.7 Å². The summed E-state index contributed by atoms with van der Waals surface area (Å²) < 4.78 is 0. The summed E-state index contributed by atoms with van der Waals surface area (Å²) in [6, 6.07) is 0.685. The molecule has 1 amide bonds. The van der Waals surface area contributed by atoms with Crippen molar-refractivity contribution in [1.82, 2.24) is 9.80 Å². The van der Waals surface area contributed by atoms with Crippen LogP contribution in [-0.4, -0.2) is 54.0 Å². The molecule has 2 rings (SSSR count). The van der Waals surface area contributed by atoms with Gasteiger partial charge in [0.05, 0.1) is 6.54 Å². The fourth-order valence-electron chi connectivity index (χ4n) is 2.99. The lowest BCUT2D eigenvalue weighted by molar-refractivity contribution is -0.135. The Morgan fingerprint density at radius 3 is 2.76 bits per heavy atom. The Morgan fingerprint density at radius 2 is 2.06 bits per heavy atom. The number of carbonyl (C=O) groups is 1. The van der Waals surface area contributed by atoms with Crippen molar-refractivity contribution >= 4 is 5.91 Å². The molecule has 0 radical (unpaired) electrons. The van der Waals surface area contributed by atoms with Crippen molar-refractivity contribution in [2.45, 2.75) is 51.1 Å². The molecule has 2 aliphatic rings. The zero-order chi connectivity index (χ0) is 12.3. The maximum absolute atomic E-state index is 12.2. The molecule has 0 bridgehead atoms. The van der Waals surface area contributed by atoms with Gasteiger partial charge in [-0.25, -0.2) is 0 Å². The van der Waals surface area contributed by atoms with Crippen LogP contribution in [0.15, 0.2) is 0 Å². The van der Waals surface area contributed by atoms with E-state index in [1.807, 2.05) is 0 Å². The topological polar surface area (TPSA) is 49.6 Å². The van der Waals surface area contributed by atoms with E-state index in [4.69, 9.17) is 5.73 Å². The van der Waals surface area contributed by atoms with Gasteiger partial charge in [0.1, 0.15) is 0 Å². The van der Waals surface area contributed by atoms with Crippen molar-refractivity contribution in [3.8, 4) is 0 Å². The quantitative estimate of drug-likeness (QED) is 0.776. The lowest BCUT2D eigenvalue weighted by Gasteiger charge is -2.36. The Morgan fingerprint density at radius 1 is 1.24 bits per heavy atom. The number of nitrogens with two attached hydrogens (primary N) is 1. The van der Waals surface area contributed by atoms with E-state index in [0.29, 0.717) is 18.5 Å². The molecule has 98 valence electrons. The number of hydrogen-bond acceptors (Lipinski definition) is 3. The number of nitrogens with zero attached hydrogens (tertiary/aromatic N) is 2. The first-order valence-electron chi connectivity index (χ1n) is 6.94. The first-order chi connectivity index (χ1) is 8.16. The van der Waals surface area contributed by atoms with E-state index in [1.165, 1.54) is 6.42 Å². The highest BCUT2D eigenvalue weighted by Gasteiger charge is 2.26. The van der Waals surface area contributed by atoms with Crippen molar-refractivity contribution in [2.75, 3.05) is 26.2 Å². The number of hydrogen-bond donors (Lipinski definition) is 1. The van der Waals surface area contributed by atoms with Crippen LogP contribution in [0.2, 0.25) is 0 Å². The van der Waals surface area contributed by atoms with Crippen LogP contribution >= 0.6 is 0 Å². The fraction of sp³-hybridized carbons (Fsp3) is 0.923. The van der Waals surface area contributed by atoms with Crippen molar-refractivity contribution in [2.24, 2.45) is 5.73 Å². The molecule has 2 atom stereocenters. The van der Waals surface area contributed by atoms with Gasteiger partial charge in [-0.15, -0.1) is 0 Å². The van der Waals surface area contributed by atoms with Gasteiger partial charge in [-0.05, 0) is 45.6 Å². The average molecular weight is 239 g/mol. The molecule has 17 heavy (non-hydrogen) atoms. The summed E-state index contributed by atoms with van der Waals surface area (Å²) >= 11 is 0. The van der Waals surface area contributed by atoms with E-state index in [-0.39, 0.29) is 6.04 Å². The predicted octanol–water partition coefficient (Wildman–Crippen LogP) is 0.811. The number of rotatable bonds is 2. The molecule has 4 nitrogen and oxygen atoms in total. The SMILES string of the molecule is C[C@@H]1CCCCN1C(=O)CN1CCC[C@H](N)C1. The first kappa shape index (κ1) is 12.8. The minimum Gasteiger partial charge on any atom is -0.339 e. The van der Waals surface area contributed by atoms with Gasteiger partial charge in [-0.2, -0.15) is 0 Å². The number of carbonyl (C=O) groups excluding carboxylic acids is 1. The minimum atomic E-state index is 0.260. The maximum atomic E-state index is 12.2. The van der Waals surface area contributed by atoms with Crippen molar-refractivity contribution in [3.63, 3.8) is 0 Å². The molecular weight excluding hydrogens is 214 g/mol. The Labute approximate surface area is 104 Å². The number of piperidine rings is 2. The zero-order valence-electron chi connectivity index (χ0n) is 10.9. The molecule has 0 saturated carbocycles. The summed E-state index contributed by atoms with van der Waals surface area (Å²) in [5.41, 5.74) is 5.94. The molecule has 0 unspecified atom stereocenters. The summed E-state index contributed by atoms with van der Waals surface area (Å²) in [5, 5.41) is 0. The van der Waals surface area contributed by atoms with Crippen LogP contribution in [0.3, 0.4) is 0 Å². The van der Waals surface area contributed by atoms with Crippen molar-refractivity contribution in [1.29, 1.82) is 0 Å². The second kappa shape index (κ2) is 5.83. The zero-order valence-corrected chi connectivity index (χ0v) is 10.9. The van der Waals surface area contributed by atoms with Crippen molar-refractivity contribution in [3.05, 3.63) is 0 Å². The molecular formula is C13H25N3O. The molecule has 0 aromatic heterocycles. The van der Waals surface area contributed by atoms with E-state index in [0.717, 1.165) is 45.3 Å². The molecule has 2 N–H and O–H groups in total. The molecule has 4 heteroatoms. The van der Waals surface area contributed by atoms with Crippen LogP contribution in [0.1, 0.15) is 39.0 Å². The molecule has 2 fully saturated rings. The molecule has 0 aromatic rings. The normalized spacial score (nSPS) is 31.5. The van der Waals surface area contributed by atoms with Gasteiger partial charge in [0.25, 0.3) is 0 Å². The minimum absolute atomic E-state index is 0.260. The molecule has 0 aromatic carbocycles. The van der Waals surface area contributed by atoms with Gasteiger partial charge < -0.3 is 10.6 Å². The van der Waals surface area contributed by atoms with Crippen LogP contribution in [0.25, 0.3) is 0 Å². The first-order valence-corrected chi connectivity index (χ1v) is 6.94. The highest BCUT2D eigenvalue weighted by atomic mass is 16.2. The third-order valence-electron chi connectivity index (χ3n) is 4.02. The Kier molecular flexibility index (Phi) is 4.40. The molecule has 2 saturated heterocycles. The third-order valence-corrected chi connectivity index (χ3v) is 4.02. The Bertz CT molecular complexity index is 269. The van der Waals surface area contributed by atoms with Gasteiger partial charge in [0, 0.05) is 25.2 Å². The van der Waals surface area contributed by atoms with Crippen LogP contribution < -0.4 is 5.73 Å². The van der Waals surface area contributed by atoms with Gasteiger partial charge in [0.15, 0.2) is 0 Å². The highest BCUT2D eigenvalue weighted by Crippen LogP contribution is 2.17. The molecule has 2 heterocycles. The standard InChI is InChI=1S/C13H25N3O/c1-11-5-2-3-8-16(11)13(17)10-15-7-4-6-12(14)9-15/h11-12H,2-10,14H2,1H3/t11-,12+/m1/s1. The number of amides is 1. The maximum Gasteiger partial charge on any atom is 0.236 e. The lowest BCUT2D eigenvalue weighted by atomic mass is 10.0. The highest BCUT2D eigenvalue weighted by molar-refractivity contribution is 5.78. The summed E-state index contributed by atoms with van der Waals surface area (Å²) in [6.07, 6.45) is 5.81. The van der Waals surface area contributed by atoms with Gasteiger partial charge in [0.2, 0.25) is 5.91 Å². The lowest BCUT2D eigenvalue weighted by Crippen LogP contribution is -2.50. The largest absolute Gasteiger partial charge is 0.339 e. The predicted molar refractivity (Wildman–Crippen MR) is 68.7 cm³/mol. The summed E-state index contributed by atoms with van der Waals surface area (Å²) in [6.45, 7) is 5.59. The van der Waals surface area contributed by atoms with Gasteiger partial charge in [-0.3, -0.25) is 9.69 Å². The smallest absolute Gasteiger partial charge is 0.236 e. The second-order valence-electron chi connectivity index (χ2n) is 5.57. The average Bonchev–Trinajstić information content (AvgIpc) is 2.29. The van der Waals surface area contributed by atoms with E-state index >= 15 is 0 Å². The van der Waals surface area contributed by atoms with E-state index in [1.54, 1.807) is 0 Å². The monoisotopic (exact) mass is 239 g/mol. The third kappa shape index (κ3) is 3.42. The van der Waals surface area contributed by atoms with E-state index < -0.39 is 0 Å². The summed E-state index contributed by atoms with van der Waals surface area (Å²) in [4.78, 5) is 16.5. The van der Waals surface area contributed by atoms with Gasteiger partial charge in [-0.1, -0.05) is 0 Å². The van der Waals surface area contributed by atoms with Crippen LogP contribution in [0, 0.1) is 0 Å². The fourth-order valence-corrected chi connectivity index (χ4v) is 2.99. The van der Waals surface area contributed by atoms with Crippen LogP contribution in [-0.2, 0) is 4.79 Å². The van der Waals surface area contributed by atoms with Crippen LogP contribution in [0.5, 0.6) is 0 Å². The Balaban J connectivity index is 1.83. The molecule has 0 spiro atoms. The Hall–Kier alpha value is -0.610. The second-order valence-corrected chi connectivity index (χ2v) is 5.57. The van der Waals surface area contributed by atoms with Crippen molar-refractivity contribution < 1.29 is 4.79 Å². The molecule has 0 aliphatic carbocycles. The molecule has 2 aliphatic heterocycles. The summed E-state index contributed by atoms with van der Waals surface area (Å²) in [7, 11) is 0. The van der Waals surface area contributed by atoms with E-state index in [9.17, 15) is 4.79 Å². The van der Waals surface area contributed by atoms with Crippen LogP contribution in [0.4, 0.5) is 0 Å². The summed E-state index contributed by atoms with van der Waals surface area (Å²) in [5.74, 6) is 0.298.